The van der Waals surface area contributed by atoms with E-state index in [2.05, 4.69) is 88.5 Å². The highest BCUT2D eigenvalue weighted by molar-refractivity contribution is 7.48. The van der Waals surface area contributed by atoms with Gasteiger partial charge in [0.1, 0.15) is 5.75 Å². The van der Waals surface area contributed by atoms with Crippen LogP contribution in [0.2, 0.25) is 0 Å². The third-order valence-electron chi connectivity index (χ3n) is 6.04. The third kappa shape index (κ3) is 5.56. The van der Waals surface area contributed by atoms with Crippen molar-refractivity contribution in [2.45, 2.75) is 64.7 Å². The number of benzene rings is 3. The molecule has 0 heterocycles. The SMILES string of the molecule is CCC(CC)(Pc1ccccc1CNC(C)(C)C)c1cccc(-c2ccccc2)c1O. The van der Waals surface area contributed by atoms with E-state index in [0.29, 0.717) is 14.3 Å². The molecule has 3 rings (SSSR count). The van der Waals surface area contributed by atoms with E-state index in [1.54, 1.807) is 0 Å². The Hall–Kier alpha value is -2.15. The lowest BCUT2D eigenvalue weighted by atomic mass is 9.89. The largest absolute Gasteiger partial charge is 0.507 e. The van der Waals surface area contributed by atoms with Crippen LogP contribution in [0.25, 0.3) is 11.1 Å². The molecule has 2 N–H and O–H groups in total. The molecule has 0 amide bonds. The van der Waals surface area contributed by atoms with Crippen LogP contribution < -0.4 is 10.6 Å². The Bertz CT molecular complexity index is 987. The Labute approximate surface area is 189 Å². The molecule has 0 fully saturated rings. The van der Waals surface area contributed by atoms with Crippen molar-refractivity contribution < 1.29 is 5.11 Å². The van der Waals surface area contributed by atoms with E-state index in [4.69, 9.17) is 0 Å². The molecule has 0 aliphatic rings. The summed E-state index contributed by atoms with van der Waals surface area (Å²) < 4.78 is 0. The number of aromatic hydroxyl groups is 1. The minimum atomic E-state index is -0.0906. The average Bonchev–Trinajstić information content (AvgIpc) is 2.77. The van der Waals surface area contributed by atoms with Crippen LogP contribution in [0.1, 0.15) is 58.6 Å². The van der Waals surface area contributed by atoms with Crippen LogP contribution >= 0.6 is 8.58 Å². The van der Waals surface area contributed by atoms with Crippen molar-refractivity contribution in [1.82, 2.24) is 5.32 Å². The molecule has 1 unspecified atom stereocenters. The number of phenols is 1. The highest BCUT2D eigenvalue weighted by Gasteiger charge is 2.33. The summed E-state index contributed by atoms with van der Waals surface area (Å²) in [6, 6.07) is 25.2. The number of nitrogens with one attached hydrogen (secondary N) is 1. The third-order valence-corrected chi connectivity index (χ3v) is 8.26. The van der Waals surface area contributed by atoms with Crippen LogP contribution in [0.4, 0.5) is 0 Å². The molecule has 0 radical (unpaired) electrons. The van der Waals surface area contributed by atoms with E-state index in [0.717, 1.165) is 36.1 Å². The fourth-order valence-corrected chi connectivity index (χ4v) is 5.79. The molecule has 0 aromatic heterocycles. The zero-order valence-electron chi connectivity index (χ0n) is 19.5. The molecule has 0 aliphatic carbocycles. The maximum absolute atomic E-state index is 11.4. The van der Waals surface area contributed by atoms with Gasteiger partial charge in [-0.3, -0.25) is 0 Å². The lowest BCUT2D eigenvalue weighted by molar-refractivity contribution is 0.425. The van der Waals surface area contributed by atoms with Gasteiger partial charge >= 0.3 is 0 Å². The number of phenolic OH excluding ortho intramolecular Hbond substituents is 1. The molecule has 0 bridgehead atoms. The van der Waals surface area contributed by atoms with Crippen LogP contribution in [0.5, 0.6) is 5.75 Å². The second-order valence-corrected chi connectivity index (χ2v) is 11.0. The molecule has 2 nitrogen and oxygen atoms in total. The van der Waals surface area contributed by atoms with Crippen LogP contribution in [0.3, 0.4) is 0 Å². The summed E-state index contributed by atoms with van der Waals surface area (Å²) in [5.74, 6) is 0.426. The van der Waals surface area contributed by atoms with Gasteiger partial charge in [-0.2, -0.15) is 0 Å². The topological polar surface area (TPSA) is 32.3 Å². The van der Waals surface area contributed by atoms with Gasteiger partial charge < -0.3 is 10.4 Å². The molecule has 0 aliphatic heterocycles. The summed E-state index contributed by atoms with van der Waals surface area (Å²) in [4.78, 5) is 0. The van der Waals surface area contributed by atoms with Crippen molar-refractivity contribution in [3.63, 3.8) is 0 Å². The summed E-state index contributed by atoms with van der Waals surface area (Å²) in [7, 11) is 0.586. The maximum Gasteiger partial charge on any atom is 0.127 e. The first-order valence-electron chi connectivity index (χ1n) is 11.3. The highest BCUT2D eigenvalue weighted by Crippen LogP contribution is 2.51. The van der Waals surface area contributed by atoms with Crippen LogP contribution in [-0.4, -0.2) is 10.6 Å². The Kier molecular flexibility index (Phi) is 7.57. The van der Waals surface area contributed by atoms with E-state index in [1.165, 1.54) is 10.9 Å². The van der Waals surface area contributed by atoms with Gasteiger partial charge in [0, 0.05) is 28.4 Å². The summed E-state index contributed by atoms with van der Waals surface area (Å²) >= 11 is 0. The van der Waals surface area contributed by atoms with Crippen molar-refractivity contribution in [3.05, 3.63) is 83.9 Å². The zero-order chi connectivity index (χ0) is 22.5. The van der Waals surface area contributed by atoms with Crippen molar-refractivity contribution in [1.29, 1.82) is 0 Å². The van der Waals surface area contributed by atoms with Crippen molar-refractivity contribution in [2.75, 3.05) is 0 Å². The molecule has 0 saturated carbocycles. The Morgan fingerprint density at radius 2 is 1.45 bits per heavy atom. The van der Waals surface area contributed by atoms with Crippen LogP contribution in [-0.2, 0) is 11.7 Å². The van der Waals surface area contributed by atoms with Gasteiger partial charge in [0.15, 0.2) is 0 Å². The van der Waals surface area contributed by atoms with Crippen LogP contribution in [0.15, 0.2) is 72.8 Å². The first-order valence-corrected chi connectivity index (χ1v) is 12.3. The lowest BCUT2D eigenvalue weighted by Gasteiger charge is -2.34. The number of hydrogen-bond acceptors (Lipinski definition) is 2. The predicted octanol–water partition coefficient (Wildman–Crippen LogP) is 6.97. The number of para-hydroxylation sites is 1. The van der Waals surface area contributed by atoms with Gasteiger partial charge in [-0.15, -0.1) is 0 Å². The summed E-state index contributed by atoms with van der Waals surface area (Å²) in [5, 5.41) is 16.3. The first kappa shape index (κ1) is 23.5. The standard InChI is InChI=1S/C28H36NOP/c1-6-28(7-2,31-25-19-12-11-16-22(25)20-29-27(3,4)5)24-18-13-17-23(26(24)30)21-14-9-8-10-15-21/h8-19,29-31H,6-7,20H2,1-5H3. The maximum atomic E-state index is 11.4. The molecule has 1 atom stereocenters. The van der Waals surface area contributed by atoms with Crippen LogP contribution in [0, 0.1) is 0 Å². The molecule has 164 valence electrons. The van der Waals surface area contributed by atoms with E-state index < -0.39 is 0 Å². The molecule has 3 aromatic rings. The Morgan fingerprint density at radius 3 is 2.10 bits per heavy atom. The molecule has 3 heteroatoms. The molecule has 0 spiro atoms. The highest BCUT2D eigenvalue weighted by atomic mass is 31.1. The van der Waals surface area contributed by atoms with E-state index in [-0.39, 0.29) is 10.7 Å². The van der Waals surface area contributed by atoms with Gasteiger partial charge in [-0.1, -0.05) is 95.2 Å². The fourth-order valence-electron chi connectivity index (χ4n) is 4.07. The monoisotopic (exact) mass is 433 g/mol. The Morgan fingerprint density at radius 1 is 0.806 bits per heavy atom. The lowest BCUT2D eigenvalue weighted by Crippen LogP contribution is -2.36. The molecule has 31 heavy (non-hydrogen) atoms. The van der Waals surface area contributed by atoms with Gasteiger partial charge in [0.25, 0.3) is 0 Å². The number of rotatable bonds is 8. The van der Waals surface area contributed by atoms with E-state index >= 15 is 0 Å². The van der Waals surface area contributed by atoms with E-state index in [1.807, 2.05) is 24.3 Å². The zero-order valence-corrected chi connectivity index (χ0v) is 20.5. The van der Waals surface area contributed by atoms with Gasteiger partial charge in [-0.25, -0.2) is 0 Å². The molecule has 0 saturated heterocycles. The second-order valence-electron chi connectivity index (χ2n) is 9.24. The first-order chi connectivity index (χ1) is 14.8. The minimum Gasteiger partial charge on any atom is -0.507 e. The quantitative estimate of drug-likeness (QED) is 0.376. The second kappa shape index (κ2) is 9.98. The summed E-state index contributed by atoms with van der Waals surface area (Å²) in [5.41, 5.74) is 4.46. The van der Waals surface area contributed by atoms with Gasteiger partial charge in [-0.05, 0) is 50.0 Å². The summed E-state index contributed by atoms with van der Waals surface area (Å²) in [6.07, 6.45) is 1.96. The minimum absolute atomic E-state index is 0.0745. The van der Waals surface area contributed by atoms with Gasteiger partial charge in [0.05, 0.1) is 0 Å². The van der Waals surface area contributed by atoms with Crippen molar-refractivity contribution >= 4 is 13.9 Å². The molecular formula is C28H36NOP. The number of hydrogen-bond donors (Lipinski definition) is 2. The van der Waals surface area contributed by atoms with Crippen molar-refractivity contribution in [2.24, 2.45) is 0 Å². The Balaban J connectivity index is 2.02. The summed E-state index contributed by atoms with van der Waals surface area (Å²) in [6.45, 7) is 12.0. The predicted molar refractivity (Wildman–Crippen MR) is 137 cm³/mol. The smallest absolute Gasteiger partial charge is 0.127 e. The van der Waals surface area contributed by atoms with Crippen molar-refractivity contribution in [3.8, 4) is 16.9 Å². The molecule has 3 aromatic carbocycles. The molecular weight excluding hydrogens is 397 g/mol. The average molecular weight is 434 g/mol. The van der Waals surface area contributed by atoms with Gasteiger partial charge in [0.2, 0.25) is 0 Å². The normalized spacial score (nSPS) is 12.5. The van der Waals surface area contributed by atoms with E-state index in [9.17, 15) is 5.11 Å². The fraction of sp³-hybridized carbons (Fsp3) is 0.357.